The highest BCUT2D eigenvalue weighted by molar-refractivity contribution is 6.00. The Hall–Kier alpha value is -2.64. The largest absolute Gasteiger partial charge is 0.381 e. The molecule has 1 saturated carbocycles. The van der Waals surface area contributed by atoms with Crippen molar-refractivity contribution in [2.45, 2.75) is 57.8 Å². The van der Waals surface area contributed by atoms with E-state index in [0.717, 1.165) is 80.2 Å². The number of nitrogens with one attached hydrogen (secondary N) is 1. The van der Waals surface area contributed by atoms with E-state index in [4.69, 9.17) is 9.47 Å². The summed E-state index contributed by atoms with van der Waals surface area (Å²) in [6.07, 6.45) is 6.88. The summed E-state index contributed by atoms with van der Waals surface area (Å²) in [4.78, 5) is 22.8. The van der Waals surface area contributed by atoms with Gasteiger partial charge in [-0.3, -0.25) is 4.79 Å². The number of amides is 1. The van der Waals surface area contributed by atoms with Crippen molar-refractivity contribution in [2.75, 3.05) is 41.9 Å². The van der Waals surface area contributed by atoms with E-state index in [9.17, 15) is 4.79 Å². The number of aromatic nitrogens is 1. The zero-order valence-corrected chi connectivity index (χ0v) is 19.6. The van der Waals surface area contributed by atoms with Crippen LogP contribution in [0.4, 0.5) is 22.9 Å². The highest BCUT2D eigenvalue weighted by Crippen LogP contribution is 2.40. The predicted octanol–water partition coefficient (Wildman–Crippen LogP) is 4.49. The number of anilines is 4. The van der Waals surface area contributed by atoms with Crippen LogP contribution < -0.4 is 15.1 Å². The molecule has 7 heteroatoms. The molecule has 33 heavy (non-hydrogen) atoms. The average molecular weight is 451 g/mol. The van der Waals surface area contributed by atoms with E-state index < -0.39 is 0 Å². The second-order valence-electron chi connectivity index (χ2n) is 9.45. The molecule has 1 N–H and O–H groups in total. The minimum absolute atomic E-state index is 0.0257. The Morgan fingerprint density at radius 2 is 2.06 bits per heavy atom. The molecule has 1 unspecified atom stereocenters. The average Bonchev–Trinajstić information content (AvgIpc) is 3.17. The number of hydrogen-bond donors (Lipinski definition) is 1. The second-order valence-corrected chi connectivity index (χ2v) is 9.45. The lowest BCUT2D eigenvalue weighted by Crippen LogP contribution is -2.38. The van der Waals surface area contributed by atoms with Crippen LogP contribution in [-0.4, -0.2) is 49.9 Å². The van der Waals surface area contributed by atoms with Gasteiger partial charge < -0.3 is 24.6 Å². The monoisotopic (exact) mass is 450 g/mol. The summed E-state index contributed by atoms with van der Waals surface area (Å²) in [5.74, 6) is 1.05. The molecule has 1 atom stereocenters. The topological polar surface area (TPSA) is 66.9 Å². The molecule has 2 aromatic rings. The van der Waals surface area contributed by atoms with E-state index in [1.807, 2.05) is 11.0 Å². The van der Waals surface area contributed by atoms with Gasteiger partial charge in [-0.05, 0) is 63.3 Å². The Morgan fingerprint density at radius 3 is 2.88 bits per heavy atom. The first kappa shape index (κ1) is 22.2. The molecular weight excluding hydrogens is 416 g/mol. The Labute approximate surface area is 196 Å². The highest BCUT2D eigenvalue weighted by Gasteiger charge is 2.33. The first-order chi connectivity index (χ1) is 16.1. The molecule has 3 aliphatic rings. The molecule has 1 aromatic heterocycles. The maximum absolute atomic E-state index is 13.9. The van der Waals surface area contributed by atoms with E-state index >= 15 is 0 Å². The van der Waals surface area contributed by atoms with Crippen LogP contribution >= 0.6 is 0 Å². The second kappa shape index (κ2) is 9.69. The van der Waals surface area contributed by atoms with E-state index in [1.165, 1.54) is 0 Å². The predicted molar refractivity (Wildman–Crippen MR) is 130 cm³/mol. The third-order valence-corrected chi connectivity index (χ3v) is 7.19. The van der Waals surface area contributed by atoms with Crippen molar-refractivity contribution in [3.05, 3.63) is 42.1 Å². The molecule has 0 radical (unpaired) electrons. The Kier molecular flexibility index (Phi) is 6.51. The van der Waals surface area contributed by atoms with Crippen LogP contribution in [0.3, 0.4) is 0 Å². The summed E-state index contributed by atoms with van der Waals surface area (Å²) in [5.41, 5.74) is 4.02. The van der Waals surface area contributed by atoms with Crippen LogP contribution in [0.1, 0.15) is 44.6 Å². The normalized spacial score (nSPS) is 25.3. The van der Waals surface area contributed by atoms with Crippen LogP contribution in [0, 0.1) is 5.92 Å². The zero-order valence-electron chi connectivity index (χ0n) is 19.6. The number of rotatable bonds is 3. The summed E-state index contributed by atoms with van der Waals surface area (Å²) in [6.45, 7) is 5.24. The number of methoxy groups -OCH3 is 1. The van der Waals surface area contributed by atoms with Crippen molar-refractivity contribution in [3.63, 3.8) is 0 Å². The number of fused-ring (bicyclic) bond motifs is 2. The van der Waals surface area contributed by atoms with Gasteiger partial charge in [0.05, 0.1) is 30.1 Å². The van der Waals surface area contributed by atoms with Gasteiger partial charge in [0.2, 0.25) is 5.91 Å². The van der Waals surface area contributed by atoms with Crippen molar-refractivity contribution in [3.8, 4) is 0 Å². The molecule has 1 aromatic carbocycles. The molecule has 7 nitrogen and oxygen atoms in total. The first-order valence-electron chi connectivity index (χ1n) is 12.2. The SMILES string of the molecule is CO[C@H]1CC[C@H](C(=O)N2Cc3cccnc3Nc3ccc(N4CCCOC(C)C4)cc32)CC1. The number of benzene rings is 1. The summed E-state index contributed by atoms with van der Waals surface area (Å²) in [6, 6.07) is 10.4. The smallest absolute Gasteiger partial charge is 0.230 e. The number of pyridine rings is 1. The van der Waals surface area contributed by atoms with Gasteiger partial charge in [0, 0.05) is 50.2 Å². The molecular formula is C26H34N4O3. The van der Waals surface area contributed by atoms with Gasteiger partial charge in [-0.15, -0.1) is 0 Å². The summed E-state index contributed by atoms with van der Waals surface area (Å²) < 4.78 is 11.4. The maximum Gasteiger partial charge on any atom is 0.230 e. The molecule has 1 amide bonds. The third-order valence-electron chi connectivity index (χ3n) is 7.19. The Morgan fingerprint density at radius 1 is 1.21 bits per heavy atom. The fraction of sp³-hybridized carbons (Fsp3) is 0.538. The van der Waals surface area contributed by atoms with Gasteiger partial charge in [-0.2, -0.15) is 0 Å². The number of carbonyl (C=O) groups is 1. The molecule has 2 fully saturated rings. The van der Waals surface area contributed by atoms with Crippen LogP contribution in [0.25, 0.3) is 0 Å². The number of ether oxygens (including phenoxy) is 2. The minimum atomic E-state index is 0.0257. The van der Waals surface area contributed by atoms with E-state index in [1.54, 1.807) is 13.3 Å². The van der Waals surface area contributed by atoms with E-state index in [-0.39, 0.29) is 24.0 Å². The van der Waals surface area contributed by atoms with Gasteiger partial charge in [0.25, 0.3) is 0 Å². The van der Waals surface area contributed by atoms with E-state index in [2.05, 4.69) is 46.4 Å². The quantitative estimate of drug-likeness (QED) is 0.743. The molecule has 0 bridgehead atoms. The lowest BCUT2D eigenvalue weighted by atomic mass is 9.86. The molecule has 1 saturated heterocycles. The molecule has 1 aliphatic carbocycles. The molecule has 2 aliphatic heterocycles. The lowest BCUT2D eigenvalue weighted by Gasteiger charge is -2.32. The van der Waals surface area contributed by atoms with Crippen molar-refractivity contribution in [1.29, 1.82) is 0 Å². The van der Waals surface area contributed by atoms with Gasteiger partial charge in [-0.25, -0.2) is 4.98 Å². The van der Waals surface area contributed by atoms with Crippen molar-refractivity contribution >= 4 is 28.8 Å². The van der Waals surface area contributed by atoms with Gasteiger partial charge in [0.15, 0.2) is 0 Å². The number of hydrogen-bond acceptors (Lipinski definition) is 6. The van der Waals surface area contributed by atoms with Crippen molar-refractivity contribution in [1.82, 2.24) is 4.98 Å². The molecule has 0 spiro atoms. The van der Waals surface area contributed by atoms with Crippen molar-refractivity contribution < 1.29 is 14.3 Å². The zero-order chi connectivity index (χ0) is 22.8. The van der Waals surface area contributed by atoms with Crippen LogP contribution in [0.2, 0.25) is 0 Å². The molecule has 5 rings (SSSR count). The fourth-order valence-corrected chi connectivity index (χ4v) is 5.30. The molecule has 3 heterocycles. The highest BCUT2D eigenvalue weighted by atomic mass is 16.5. The first-order valence-corrected chi connectivity index (χ1v) is 12.2. The van der Waals surface area contributed by atoms with Gasteiger partial charge in [-0.1, -0.05) is 6.07 Å². The summed E-state index contributed by atoms with van der Waals surface area (Å²) in [7, 11) is 1.77. The van der Waals surface area contributed by atoms with Gasteiger partial charge in [0.1, 0.15) is 5.82 Å². The third kappa shape index (κ3) is 4.70. The van der Waals surface area contributed by atoms with Crippen LogP contribution in [0.5, 0.6) is 0 Å². The van der Waals surface area contributed by atoms with Crippen LogP contribution in [0.15, 0.2) is 36.5 Å². The summed E-state index contributed by atoms with van der Waals surface area (Å²) >= 11 is 0. The number of carbonyl (C=O) groups excluding carboxylic acids is 1. The van der Waals surface area contributed by atoms with Crippen LogP contribution in [-0.2, 0) is 20.8 Å². The molecule has 176 valence electrons. The fourth-order valence-electron chi connectivity index (χ4n) is 5.30. The van der Waals surface area contributed by atoms with Crippen molar-refractivity contribution in [2.24, 2.45) is 5.92 Å². The Bertz CT molecular complexity index is 989. The van der Waals surface area contributed by atoms with Gasteiger partial charge >= 0.3 is 0 Å². The standard InChI is InChI=1S/C26H34N4O3/c1-18-16-29(13-4-14-33-18)21-8-11-23-24(15-21)30(17-20-5-3-12-27-25(20)28-23)26(31)19-6-9-22(32-2)10-7-19/h3,5,8,11-12,15,18-19,22H,4,6-7,9-10,13-14,16-17H2,1-2H3,(H,27,28)/t18?,19-,22-. The maximum atomic E-state index is 13.9. The lowest BCUT2D eigenvalue weighted by molar-refractivity contribution is -0.124. The summed E-state index contributed by atoms with van der Waals surface area (Å²) in [5, 5.41) is 3.49. The Balaban J connectivity index is 1.49. The minimum Gasteiger partial charge on any atom is -0.381 e. The number of nitrogens with zero attached hydrogens (tertiary/aromatic N) is 3. The van der Waals surface area contributed by atoms with E-state index in [0.29, 0.717) is 6.54 Å².